The van der Waals surface area contributed by atoms with Gasteiger partial charge in [-0.2, -0.15) is 0 Å². The topological polar surface area (TPSA) is 62.4 Å². The van der Waals surface area contributed by atoms with Crippen LogP contribution in [0, 0.1) is 12.8 Å². The fourth-order valence-corrected chi connectivity index (χ4v) is 2.41. The summed E-state index contributed by atoms with van der Waals surface area (Å²) in [5, 5.41) is 9.53. The summed E-state index contributed by atoms with van der Waals surface area (Å²) < 4.78 is 0. The summed E-state index contributed by atoms with van der Waals surface area (Å²) >= 11 is 0. The number of aliphatic hydroxyl groups excluding tert-OH is 1. The van der Waals surface area contributed by atoms with E-state index in [0.717, 1.165) is 17.9 Å². The average molecular weight is 249 g/mol. The molecule has 1 fully saturated rings. The van der Waals surface area contributed by atoms with E-state index in [1.165, 1.54) is 12.8 Å². The predicted molar refractivity (Wildman–Crippen MR) is 72.0 cm³/mol. The van der Waals surface area contributed by atoms with Crippen LogP contribution in [0.15, 0.2) is 18.2 Å². The van der Waals surface area contributed by atoms with E-state index < -0.39 is 0 Å². The van der Waals surface area contributed by atoms with Crippen LogP contribution in [0.25, 0.3) is 0 Å². The zero-order chi connectivity index (χ0) is 13.1. The van der Waals surface area contributed by atoms with Gasteiger partial charge in [0.05, 0.1) is 12.3 Å². The summed E-state index contributed by atoms with van der Waals surface area (Å²) in [7, 11) is 2.01. The second-order valence-electron chi connectivity index (χ2n) is 5.35. The summed E-state index contributed by atoms with van der Waals surface area (Å²) in [5.41, 5.74) is 8.24. The average Bonchev–Trinajstić information content (AvgIpc) is 3.13. The third kappa shape index (κ3) is 3.28. The van der Waals surface area contributed by atoms with Crippen LogP contribution in [0.4, 0.5) is 0 Å². The lowest BCUT2D eigenvalue weighted by Gasteiger charge is -2.31. The number of pyridine rings is 1. The first-order valence-electron chi connectivity index (χ1n) is 6.61. The minimum absolute atomic E-state index is 0.0276. The molecular weight excluding hydrogens is 226 g/mol. The first kappa shape index (κ1) is 13.5. The molecular formula is C14H23N3O. The molecule has 2 atom stereocenters. The van der Waals surface area contributed by atoms with Crippen LogP contribution in [-0.4, -0.2) is 40.7 Å². The lowest BCUT2D eigenvalue weighted by Crippen LogP contribution is -2.49. The third-order valence-electron chi connectivity index (χ3n) is 3.72. The smallest absolute Gasteiger partial charge is 0.0602 e. The van der Waals surface area contributed by atoms with Gasteiger partial charge >= 0.3 is 0 Å². The standard InChI is InChI=1S/C14H23N3O/c1-10-4-3-5-12(16-10)8-17(2)13(9-18)14(15)11-6-7-11/h3-5,11,13-14,18H,6-9,15H2,1-2H3. The maximum atomic E-state index is 9.53. The molecule has 0 aromatic carbocycles. The molecule has 4 heteroatoms. The van der Waals surface area contributed by atoms with Crippen molar-refractivity contribution in [2.45, 2.75) is 38.4 Å². The molecule has 1 aliphatic rings. The number of likely N-dealkylation sites (N-methyl/N-ethyl adjacent to an activating group) is 1. The van der Waals surface area contributed by atoms with Gasteiger partial charge in [0.1, 0.15) is 0 Å². The Balaban J connectivity index is 1.98. The van der Waals surface area contributed by atoms with E-state index in [9.17, 15) is 5.11 Å². The predicted octanol–water partition coefficient (Wildman–Crippen LogP) is 0.920. The Morgan fingerprint density at radius 1 is 1.50 bits per heavy atom. The van der Waals surface area contributed by atoms with Gasteiger partial charge in [0.2, 0.25) is 0 Å². The highest BCUT2D eigenvalue weighted by Crippen LogP contribution is 2.33. The Morgan fingerprint density at radius 3 is 2.78 bits per heavy atom. The molecule has 0 saturated heterocycles. The maximum Gasteiger partial charge on any atom is 0.0602 e. The van der Waals surface area contributed by atoms with Gasteiger partial charge in [-0.05, 0) is 44.9 Å². The number of hydrogen-bond acceptors (Lipinski definition) is 4. The van der Waals surface area contributed by atoms with E-state index in [2.05, 4.69) is 9.88 Å². The highest BCUT2D eigenvalue weighted by atomic mass is 16.3. The van der Waals surface area contributed by atoms with Crippen molar-refractivity contribution in [1.82, 2.24) is 9.88 Å². The van der Waals surface area contributed by atoms with Crippen molar-refractivity contribution in [3.8, 4) is 0 Å². The molecule has 4 nitrogen and oxygen atoms in total. The molecule has 1 aromatic rings. The molecule has 0 bridgehead atoms. The molecule has 0 aliphatic heterocycles. The van der Waals surface area contributed by atoms with Crippen molar-refractivity contribution in [2.24, 2.45) is 11.7 Å². The quantitative estimate of drug-likeness (QED) is 0.787. The Bertz CT molecular complexity index is 392. The first-order valence-corrected chi connectivity index (χ1v) is 6.61. The fourth-order valence-electron chi connectivity index (χ4n) is 2.41. The van der Waals surface area contributed by atoms with Crippen molar-refractivity contribution in [3.05, 3.63) is 29.6 Å². The van der Waals surface area contributed by atoms with Crippen LogP contribution in [0.2, 0.25) is 0 Å². The second-order valence-corrected chi connectivity index (χ2v) is 5.35. The molecule has 18 heavy (non-hydrogen) atoms. The van der Waals surface area contributed by atoms with Crippen LogP contribution in [-0.2, 0) is 6.54 Å². The zero-order valence-electron chi connectivity index (χ0n) is 11.2. The fraction of sp³-hybridized carbons (Fsp3) is 0.643. The molecule has 0 spiro atoms. The van der Waals surface area contributed by atoms with Crippen molar-refractivity contribution in [2.75, 3.05) is 13.7 Å². The number of aryl methyl sites for hydroxylation is 1. The molecule has 1 aromatic heterocycles. The summed E-state index contributed by atoms with van der Waals surface area (Å²) in [6.07, 6.45) is 2.41. The minimum Gasteiger partial charge on any atom is -0.395 e. The summed E-state index contributed by atoms with van der Waals surface area (Å²) in [5.74, 6) is 0.593. The zero-order valence-corrected chi connectivity index (χ0v) is 11.2. The molecule has 1 heterocycles. The normalized spacial score (nSPS) is 18.9. The third-order valence-corrected chi connectivity index (χ3v) is 3.72. The lowest BCUT2D eigenvalue weighted by atomic mass is 10.0. The van der Waals surface area contributed by atoms with Gasteiger partial charge in [-0.1, -0.05) is 6.07 Å². The molecule has 0 radical (unpaired) electrons. The molecule has 1 saturated carbocycles. The monoisotopic (exact) mass is 249 g/mol. The van der Waals surface area contributed by atoms with Crippen LogP contribution in [0.1, 0.15) is 24.2 Å². The van der Waals surface area contributed by atoms with Gasteiger partial charge < -0.3 is 10.8 Å². The number of rotatable bonds is 6. The minimum atomic E-state index is 0.0276. The molecule has 3 N–H and O–H groups in total. The van der Waals surface area contributed by atoms with E-state index in [0.29, 0.717) is 5.92 Å². The lowest BCUT2D eigenvalue weighted by molar-refractivity contribution is 0.114. The van der Waals surface area contributed by atoms with Crippen LogP contribution >= 0.6 is 0 Å². The number of aliphatic hydroxyl groups is 1. The number of hydrogen-bond donors (Lipinski definition) is 2. The number of aromatic nitrogens is 1. The van der Waals surface area contributed by atoms with Crippen molar-refractivity contribution >= 4 is 0 Å². The largest absolute Gasteiger partial charge is 0.395 e. The van der Waals surface area contributed by atoms with Gasteiger partial charge in [0, 0.05) is 24.3 Å². The molecule has 1 aliphatic carbocycles. The summed E-state index contributed by atoms with van der Waals surface area (Å²) in [6.45, 7) is 2.83. The van der Waals surface area contributed by atoms with Gasteiger partial charge in [-0.15, -0.1) is 0 Å². The Morgan fingerprint density at radius 2 is 2.22 bits per heavy atom. The van der Waals surface area contributed by atoms with E-state index >= 15 is 0 Å². The van der Waals surface area contributed by atoms with Crippen LogP contribution in [0.5, 0.6) is 0 Å². The van der Waals surface area contributed by atoms with Gasteiger partial charge in [-0.3, -0.25) is 9.88 Å². The molecule has 2 rings (SSSR count). The van der Waals surface area contributed by atoms with E-state index in [1.54, 1.807) is 0 Å². The highest BCUT2D eigenvalue weighted by molar-refractivity contribution is 5.10. The number of nitrogens with two attached hydrogens (primary N) is 1. The maximum absolute atomic E-state index is 9.53. The van der Waals surface area contributed by atoms with Gasteiger partial charge in [-0.25, -0.2) is 0 Å². The molecule has 100 valence electrons. The second kappa shape index (κ2) is 5.78. The number of nitrogens with zero attached hydrogens (tertiary/aromatic N) is 2. The van der Waals surface area contributed by atoms with E-state index in [4.69, 9.17) is 5.73 Å². The summed E-state index contributed by atoms with van der Waals surface area (Å²) in [6, 6.07) is 6.12. The van der Waals surface area contributed by atoms with Crippen LogP contribution < -0.4 is 5.73 Å². The van der Waals surface area contributed by atoms with E-state index in [1.807, 2.05) is 32.2 Å². The SMILES string of the molecule is Cc1cccc(CN(C)C(CO)C(N)C2CC2)n1. The molecule has 2 unspecified atom stereocenters. The van der Waals surface area contributed by atoms with Gasteiger partial charge in [0.15, 0.2) is 0 Å². The Kier molecular flexibility index (Phi) is 4.32. The van der Waals surface area contributed by atoms with Crippen molar-refractivity contribution < 1.29 is 5.11 Å². The van der Waals surface area contributed by atoms with Crippen LogP contribution in [0.3, 0.4) is 0 Å². The molecule has 0 amide bonds. The van der Waals surface area contributed by atoms with Crippen molar-refractivity contribution in [1.29, 1.82) is 0 Å². The van der Waals surface area contributed by atoms with E-state index in [-0.39, 0.29) is 18.7 Å². The summed E-state index contributed by atoms with van der Waals surface area (Å²) in [4.78, 5) is 6.60. The van der Waals surface area contributed by atoms with Gasteiger partial charge in [0.25, 0.3) is 0 Å². The van der Waals surface area contributed by atoms with Crippen molar-refractivity contribution in [3.63, 3.8) is 0 Å². The Hall–Kier alpha value is -0.970. The first-order chi connectivity index (χ1) is 8.61. The highest BCUT2D eigenvalue weighted by Gasteiger charge is 2.35. The Labute approximate surface area is 109 Å².